The standard InChI is InChI=1S/C21H22N2O2/c1-15-6-8-18(9-7-15)23-19(10-11-20(23)24)21(25)22-13-12-16-4-2-3-5-17(16)14-22/h2-9,19H,10-14H2,1H3. The molecule has 1 unspecified atom stereocenters. The van der Waals surface area contributed by atoms with Gasteiger partial charge in [-0.05, 0) is 43.0 Å². The van der Waals surface area contributed by atoms with Crippen LogP contribution in [0, 0.1) is 6.92 Å². The number of hydrogen-bond acceptors (Lipinski definition) is 2. The summed E-state index contributed by atoms with van der Waals surface area (Å²) in [5, 5.41) is 0. The molecule has 0 N–H and O–H groups in total. The van der Waals surface area contributed by atoms with Crippen LogP contribution in [0.2, 0.25) is 0 Å². The van der Waals surface area contributed by atoms with Gasteiger partial charge in [0.15, 0.2) is 0 Å². The molecule has 1 atom stereocenters. The van der Waals surface area contributed by atoms with Gasteiger partial charge < -0.3 is 4.90 Å². The molecule has 25 heavy (non-hydrogen) atoms. The van der Waals surface area contributed by atoms with Gasteiger partial charge in [-0.3, -0.25) is 14.5 Å². The van der Waals surface area contributed by atoms with Crippen LogP contribution in [0.15, 0.2) is 48.5 Å². The number of fused-ring (bicyclic) bond motifs is 1. The number of nitrogens with zero attached hydrogens (tertiary/aromatic N) is 2. The molecule has 2 aliphatic heterocycles. The van der Waals surface area contributed by atoms with Crippen LogP contribution < -0.4 is 4.90 Å². The van der Waals surface area contributed by atoms with E-state index in [1.165, 1.54) is 11.1 Å². The molecule has 1 saturated heterocycles. The van der Waals surface area contributed by atoms with Gasteiger partial charge in [-0.1, -0.05) is 42.0 Å². The lowest BCUT2D eigenvalue weighted by atomic mass is 9.99. The lowest BCUT2D eigenvalue weighted by Crippen LogP contribution is -2.48. The van der Waals surface area contributed by atoms with Gasteiger partial charge in [0, 0.05) is 25.2 Å². The Morgan fingerprint density at radius 1 is 1.00 bits per heavy atom. The van der Waals surface area contributed by atoms with Crippen LogP contribution in [-0.4, -0.2) is 29.3 Å². The topological polar surface area (TPSA) is 40.6 Å². The average molecular weight is 334 g/mol. The number of hydrogen-bond donors (Lipinski definition) is 0. The molecule has 2 amide bonds. The SMILES string of the molecule is Cc1ccc(N2C(=O)CCC2C(=O)N2CCc3ccccc3C2)cc1. The normalized spacial score (nSPS) is 19.9. The molecule has 0 spiro atoms. The van der Waals surface area contributed by atoms with Crippen LogP contribution in [-0.2, 0) is 22.6 Å². The third kappa shape index (κ3) is 2.93. The van der Waals surface area contributed by atoms with E-state index < -0.39 is 0 Å². The Morgan fingerprint density at radius 3 is 2.48 bits per heavy atom. The smallest absolute Gasteiger partial charge is 0.246 e. The second-order valence-electron chi connectivity index (χ2n) is 6.93. The fourth-order valence-electron chi connectivity index (χ4n) is 3.84. The minimum Gasteiger partial charge on any atom is -0.336 e. The predicted molar refractivity (Wildman–Crippen MR) is 97.3 cm³/mol. The first-order valence-electron chi connectivity index (χ1n) is 8.88. The van der Waals surface area contributed by atoms with Crippen molar-refractivity contribution in [2.45, 2.75) is 38.8 Å². The van der Waals surface area contributed by atoms with Crippen molar-refractivity contribution >= 4 is 17.5 Å². The first kappa shape index (κ1) is 15.9. The van der Waals surface area contributed by atoms with E-state index in [-0.39, 0.29) is 17.9 Å². The summed E-state index contributed by atoms with van der Waals surface area (Å²) in [6.45, 7) is 3.38. The van der Waals surface area contributed by atoms with Crippen molar-refractivity contribution in [1.29, 1.82) is 0 Å². The maximum absolute atomic E-state index is 13.1. The summed E-state index contributed by atoms with van der Waals surface area (Å²) >= 11 is 0. The first-order valence-corrected chi connectivity index (χ1v) is 8.88. The van der Waals surface area contributed by atoms with Crippen LogP contribution in [0.5, 0.6) is 0 Å². The molecule has 2 aromatic rings. The highest BCUT2D eigenvalue weighted by Crippen LogP contribution is 2.29. The Kier molecular flexibility index (Phi) is 4.04. The molecule has 0 saturated carbocycles. The molecule has 4 heteroatoms. The van der Waals surface area contributed by atoms with E-state index in [0.717, 1.165) is 24.2 Å². The van der Waals surface area contributed by atoms with Crippen LogP contribution in [0.3, 0.4) is 0 Å². The quantitative estimate of drug-likeness (QED) is 0.847. The number of benzene rings is 2. The van der Waals surface area contributed by atoms with Gasteiger partial charge in [-0.15, -0.1) is 0 Å². The monoisotopic (exact) mass is 334 g/mol. The van der Waals surface area contributed by atoms with Crippen molar-refractivity contribution < 1.29 is 9.59 Å². The van der Waals surface area contributed by atoms with E-state index in [4.69, 9.17) is 0 Å². The summed E-state index contributed by atoms with van der Waals surface area (Å²) in [5.74, 6) is 0.112. The van der Waals surface area contributed by atoms with Gasteiger partial charge in [0.05, 0.1) is 0 Å². The molecular weight excluding hydrogens is 312 g/mol. The van der Waals surface area contributed by atoms with Gasteiger partial charge >= 0.3 is 0 Å². The maximum Gasteiger partial charge on any atom is 0.246 e. The molecular formula is C21H22N2O2. The zero-order chi connectivity index (χ0) is 17.4. The van der Waals surface area contributed by atoms with E-state index in [1.54, 1.807) is 4.90 Å². The van der Waals surface area contributed by atoms with Crippen LogP contribution in [0.1, 0.15) is 29.5 Å². The zero-order valence-corrected chi connectivity index (χ0v) is 14.4. The fourth-order valence-corrected chi connectivity index (χ4v) is 3.84. The van der Waals surface area contributed by atoms with Crippen molar-refractivity contribution in [2.75, 3.05) is 11.4 Å². The van der Waals surface area contributed by atoms with Gasteiger partial charge in [0.25, 0.3) is 0 Å². The molecule has 2 aliphatic rings. The minimum atomic E-state index is -0.375. The first-order chi connectivity index (χ1) is 12.1. The summed E-state index contributed by atoms with van der Waals surface area (Å²) in [4.78, 5) is 29.2. The second kappa shape index (κ2) is 6.36. The molecule has 2 aromatic carbocycles. The zero-order valence-electron chi connectivity index (χ0n) is 14.4. The highest BCUT2D eigenvalue weighted by atomic mass is 16.2. The molecule has 0 aliphatic carbocycles. The highest BCUT2D eigenvalue weighted by Gasteiger charge is 2.39. The molecule has 0 aromatic heterocycles. The Balaban J connectivity index is 1.57. The van der Waals surface area contributed by atoms with Crippen LogP contribution in [0.4, 0.5) is 5.69 Å². The summed E-state index contributed by atoms with van der Waals surface area (Å²) in [5.41, 5.74) is 4.51. The largest absolute Gasteiger partial charge is 0.336 e. The summed E-state index contributed by atoms with van der Waals surface area (Å²) < 4.78 is 0. The van der Waals surface area contributed by atoms with E-state index >= 15 is 0 Å². The van der Waals surface area contributed by atoms with Gasteiger partial charge in [-0.2, -0.15) is 0 Å². The van der Waals surface area contributed by atoms with Crippen molar-refractivity contribution in [3.8, 4) is 0 Å². The maximum atomic E-state index is 13.1. The minimum absolute atomic E-state index is 0.0413. The summed E-state index contributed by atoms with van der Waals surface area (Å²) in [6, 6.07) is 15.8. The average Bonchev–Trinajstić information content (AvgIpc) is 3.03. The van der Waals surface area contributed by atoms with Crippen LogP contribution >= 0.6 is 0 Å². The number of carbonyl (C=O) groups is 2. The highest BCUT2D eigenvalue weighted by molar-refractivity contribution is 6.03. The van der Waals surface area contributed by atoms with Crippen molar-refractivity contribution in [3.63, 3.8) is 0 Å². The van der Waals surface area contributed by atoms with Crippen molar-refractivity contribution in [3.05, 3.63) is 65.2 Å². The van der Waals surface area contributed by atoms with Crippen molar-refractivity contribution in [2.24, 2.45) is 0 Å². The Morgan fingerprint density at radius 2 is 1.72 bits per heavy atom. The van der Waals surface area contributed by atoms with Gasteiger partial charge in [-0.25, -0.2) is 0 Å². The number of amides is 2. The molecule has 1 fully saturated rings. The number of carbonyl (C=O) groups excluding carboxylic acids is 2. The van der Waals surface area contributed by atoms with Crippen LogP contribution in [0.25, 0.3) is 0 Å². The Hall–Kier alpha value is -2.62. The molecule has 2 heterocycles. The van der Waals surface area contributed by atoms with E-state index in [0.29, 0.717) is 19.4 Å². The van der Waals surface area contributed by atoms with E-state index in [2.05, 4.69) is 12.1 Å². The number of anilines is 1. The van der Waals surface area contributed by atoms with Gasteiger partial charge in [0.1, 0.15) is 6.04 Å². The fraction of sp³-hybridized carbons (Fsp3) is 0.333. The summed E-state index contributed by atoms with van der Waals surface area (Å²) in [7, 11) is 0. The third-order valence-electron chi connectivity index (χ3n) is 5.25. The number of aryl methyl sites for hydroxylation is 1. The lowest BCUT2D eigenvalue weighted by molar-refractivity contribution is -0.134. The Bertz CT molecular complexity index is 813. The predicted octanol–water partition coefficient (Wildman–Crippen LogP) is 3.08. The van der Waals surface area contributed by atoms with E-state index in [1.807, 2.05) is 48.2 Å². The van der Waals surface area contributed by atoms with Gasteiger partial charge in [0.2, 0.25) is 11.8 Å². The molecule has 128 valence electrons. The molecule has 0 radical (unpaired) electrons. The summed E-state index contributed by atoms with van der Waals surface area (Å²) in [6.07, 6.45) is 1.92. The molecule has 0 bridgehead atoms. The second-order valence-corrected chi connectivity index (χ2v) is 6.93. The Labute approximate surface area is 148 Å². The molecule has 4 rings (SSSR count). The van der Waals surface area contributed by atoms with E-state index in [9.17, 15) is 9.59 Å². The molecule has 4 nitrogen and oxygen atoms in total. The van der Waals surface area contributed by atoms with Crippen molar-refractivity contribution in [1.82, 2.24) is 4.90 Å². The lowest BCUT2D eigenvalue weighted by Gasteiger charge is -2.33. The number of rotatable bonds is 2. The third-order valence-corrected chi connectivity index (χ3v) is 5.25.